The first-order valence-electron chi connectivity index (χ1n) is 10.8. The largest absolute Gasteiger partial charge is 0.481 e. The molecule has 0 bridgehead atoms. The first-order chi connectivity index (χ1) is 15.2. The zero-order valence-corrected chi connectivity index (χ0v) is 18.7. The molecule has 2 aromatic rings. The number of ether oxygens (including phenoxy) is 1. The number of carbonyl (C=O) groups is 3. The lowest BCUT2D eigenvalue weighted by Gasteiger charge is -2.26. The molecule has 0 aliphatic heterocycles. The molecule has 7 nitrogen and oxygen atoms in total. The number of carboxylic acid groups (broad SMARTS) is 1. The summed E-state index contributed by atoms with van der Waals surface area (Å²) in [5, 5.41) is 14.4. The van der Waals surface area contributed by atoms with Crippen LogP contribution >= 0.6 is 0 Å². The lowest BCUT2D eigenvalue weighted by Crippen LogP contribution is -2.48. The number of aliphatic carboxylic acids is 1. The van der Waals surface area contributed by atoms with Crippen molar-refractivity contribution in [3.05, 3.63) is 59.7 Å². The molecule has 0 saturated carbocycles. The van der Waals surface area contributed by atoms with Crippen molar-refractivity contribution in [2.45, 2.75) is 45.6 Å². The van der Waals surface area contributed by atoms with E-state index in [4.69, 9.17) is 9.84 Å². The van der Waals surface area contributed by atoms with Crippen LogP contribution in [0.3, 0.4) is 0 Å². The number of benzene rings is 2. The van der Waals surface area contributed by atoms with Crippen LogP contribution in [0.15, 0.2) is 48.5 Å². The minimum Gasteiger partial charge on any atom is -0.481 e. The van der Waals surface area contributed by atoms with Crippen LogP contribution in [0.4, 0.5) is 4.79 Å². The third-order valence-corrected chi connectivity index (χ3v) is 5.88. The van der Waals surface area contributed by atoms with Crippen LogP contribution in [-0.4, -0.2) is 42.3 Å². The first kappa shape index (κ1) is 23.3. The second-order valence-electron chi connectivity index (χ2n) is 8.74. The predicted molar refractivity (Wildman–Crippen MR) is 121 cm³/mol. The van der Waals surface area contributed by atoms with Gasteiger partial charge in [0.15, 0.2) is 0 Å². The summed E-state index contributed by atoms with van der Waals surface area (Å²) in [4.78, 5) is 35.9. The van der Waals surface area contributed by atoms with Gasteiger partial charge in [0.05, 0.1) is 11.8 Å². The van der Waals surface area contributed by atoms with Gasteiger partial charge in [-0.2, -0.15) is 0 Å². The maximum absolute atomic E-state index is 12.6. The van der Waals surface area contributed by atoms with E-state index in [2.05, 4.69) is 34.9 Å². The smallest absolute Gasteiger partial charge is 0.407 e. The van der Waals surface area contributed by atoms with Gasteiger partial charge < -0.3 is 20.5 Å². The van der Waals surface area contributed by atoms with Crippen molar-refractivity contribution in [2.24, 2.45) is 5.41 Å². The van der Waals surface area contributed by atoms with Crippen molar-refractivity contribution >= 4 is 18.0 Å². The highest BCUT2D eigenvalue weighted by molar-refractivity contribution is 5.83. The lowest BCUT2D eigenvalue weighted by atomic mass is 9.91. The van der Waals surface area contributed by atoms with Gasteiger partial charge in [-0.1, -0.05) is 55.5 Å². The van der Waals surface area contributed by atoms with Crippen molar-refractivity contribution in [3.8, 4) is 11.1 Å². The van der Waals surface area contributed by atoms with E-state index >= 15 is 0 Å². The molecule has 1 atom stereocenters. The molecule has 0 heterocycles. The summed E-state index contributed by atoms with van der Waals surface area (Å²) in [5.41, 5.74) is 3.65. The molecule has 0 aromatic heterocycles. The summed E-state index contributed by atoms with van der Waals surface area (Å²) in [7, 11) is 0. The number of amides is 2. The molecule has 0 unspecified atom stereocenters. The molecular formula is C25H30N2O5. The number of carbonyl (C=O) groups excluding carboxylic acids is 2. The fourth-order valence-corrected chi connectivity index (χ4v) is 3.91. The Kier molecular flexibility index (Phi) is 7.18. The quantitative estimate of drug-likeness (QED) is 0.550. The minimum atomic E-state index is -0.966. The molecule has 2 amide bonds. The van der Waals surface area contributed by atoms with E-state index in [9.17, 15) is 14.4 Å². The van der Waals surface area contributed by atoms with Crippen molar-refractivity contribution < 1.29 is 24.2 Å². The van der Waals surface area contributed by atoms with Crippen molar-refractivity contribution in [3.63, 3.8) is 0 Å². The number of hydrogen-bond acceptors (Lipinski definition) is 4. The van der Waals surface area contributed by atoms with Crippen LogP contribution in [-0.2, 0) is 14.3 Å². The molecular weight excluding hydrogens is 408 g/mol. The Hall–Kier alpha value is -3.35. The first-order valence-corrected chi connectivity index (χ1v) is 10.8. The van der Waals surface area contributed by atoms with Crippen LogP contribution in [0.1, 0.15) is 50.7 Å². The molecule has 7 heteroatoms. The molecule has 1 aliphatic rings. The van der Waals surface area contributed by atoms with Gasteiger partial charge in [-0.15, -0.1) is 0 Å². The van der Waals surface area contributed by atoms with Crippen LogP contribution in [0.5, 0.6) is 0 Å². The number of alkyl carbamates (subject to hydrolysis) is 1. The zero-order chi connectivity index (χ0) is 23.3. The number of fused-ring (bicyclic) bond motifs is 3. The Bertz CT molecular complexity index is 956. The highest BCUT2D eigenvalue weighted by Gasteiger charge is 2.32. The zero-order valence-electron chi connectivity index (χ0n) is 18.7. The van der Waals surface area contributed by atoms with Gasteiger partial charge in [0.1, 0.15) is 6.61 Å². The van der Waals surface area contributed by atoms with Crippen molar-refractivity contribution in [1.29, 1.82) is 0 Å². The molecule has 0 radical (unpaired) electrons. The molecule has 0 spiro atoms. The minimum absolute atomic E-state index is 0.0363. The summed E-state index contributed by atoms with van der Waals surface area (Å²) >= 11 is 0. The predicted octanol–water partition coefficient (Wildman–Crippen LogP) is 3.92. The van der Waals surface area contributed by atoms with Gasteiger partial charge in [-0.3, -0.25) is 9.59 Å². The van der Waals surface area contributed by atoms with Gasteiger partial charge in [0.25, 0.3) is 0 Å². The van der Waals surface area contributed by atoms with Gasteiger partial charge in [0.2, 0.25) is 5.91 Å². The summed E-state index contributed by atoms with van der Waals surface area (Å²) in [6.45, 7) is 5.47. The third kappa shape index (κ3) is 5.28. The SMILES string of the molecule is CC[C@@H](CC(=O)O)NC(=O)C(C)(C)CNC(=O)OCC1c2ccccc2-c2ccccc21. The summed E-state index contributed by atoms with van der Waals surface area (Å²) < 4.78 is 5.51. The highest BCUT2D eigenvalue weighted by Crippen LogP contribution is 2.44. The molecule has 3 rings (SSSR count). The van der Waals surface area contributed by atoms with E-state index in [-0.39, 0.29) is 31.4 Å². The van der Waals surface area contributed by atoms with Crippen molar-refractivity contribution in [2.75, 3.05) is 13.2 Å². The van der Waals surface area contributed by atoms with Crippen LogP contribution in [0.25, 0.3) is 11.1 Å². The number of rotatable bonds is 9. The van der Waals surface area contributed by atoms with Crippen LogP contribution < -0.4 is 10.6 Å². The fraction of sp³-hybridized carbons (Fsp3) is 0.400. The number of nitrogens with one attached hydrogen (secondary N) is 2. The summed E-state index contributed by atoms with van der Waals surface area (Å²) in [5.74, 6) is -1.32. The topological polar surface area (TPSA) is 105 Å². The van der Waals surface area contributed by atoms with Gasteiger partial charge >= 0.3 is 12.1 Å². The molecule has 170 valence electrons. The maximum Gasteiger partial charge on any atom is 0.407 e. The van der Waals surface area contributed by atoms with Crippen molar-refractivity contribution in [1.82, 2.24) is 10.6 Å². The van der Waals surface area contributed by atoms with Gasteiger partial charge in [-0.25, -0.2) is 4.79 Å². The highest BCUT2D eigenvalue weighted by atomic mass is 16.5. The van der Waals surface area contributed by atoms with E-state index < -0.39 is 23.5 Å². The fourth-order valence-electron chi connectivity index (χ4n) is 3.91. The van der Waals surface area contributed by atoms with E-state index in [0.29, 0.717) is 6.42 Å². The lowest BCUT2D eigenvalue weighted by molar-refractivity contribution is -0.138. The summed E-state index contributed by atoms with van der Waals surface area (Å²) in [6.07, 6.45) is -0.225. The Labute approximate surface area is 188 Å². The molecule has 32 heavy (non-hydrogen) atoms. The Morgan fingerprint density at radius 2 is 1.59 bits per heavy atom. The summed E-state index contributed by atoms with van der Waals surface area (Å²) in [6, 6.07) is 15.8. The Morgan fingerprint density at radius 1 is 1.03 bits per heavy atom. The second kappa shape index (κ2) is 9.85. The Morgan fingerprint density at radius 3 is 2.12 bits per heavy atom. The van der Waals surface area contributed by atoms with Gasteiger partial charge in [-0.05, 0) is 42.5 Å². The molecule has 0 saturated heterocycles. The number of hydrogen-bond donors (Lipinski definition) is 3. The average Bonchev–Trinajstić information content (AvgIpc) is 3.09. The van der Waals surface area contributed by atoms with E-state index in [1.807, 2.05) is 31.2 Å². The molecule has 1 aliphatic carbocycles. The Balaban J connectivity index is 1.55. The molecule has 2 aromatic carbocycles. The van der Waals surface area contributed by atoms with Crippen LogP contribution in [0, 0.1) is 5.41 Å². The number of carboxylic acids is 1. The molecule has 3 N–H and O–H groups in total. The third-order valence-electron chi connectivity index (χ3n) is 5.88. The normalized spacial score (nSPS) is 13.6. The monoisotopic (exact) mass is 438 g/mol. The standard InChI is InChI=1S/C25H30N2O5/c1-4-16(13-22(28)29)27-23(30)25(2,3)15-26-24(31)32-14-21-19-11-7-5-9-17(19)18-10-6-8-12-20(18)21/h5-12,16,21H,4,13-15H2,1-3H3,(H,26,31)(H,27,30)(H,28,29)/t16-/m0/s1. The van der Waals surface area contributed by atoms with Gasteiger partial charge in [0, 0.05) is 18.5 Å². The second-order valence-corrected chi connectivity index (χ2v) is 8.74. The maximum atomic E-state index is 12.6. The van der Waals surface area contributed by atoms with E-state index in [0.717, 1.165) is 22.3 Å². The molecule has 0 fully saturated rings. The average molecular weight is 439 g/mol. The van der Waals surface area contributed by atoms with E-state index in [1.54, 1.807) is 13.8 Å². The van der Waals surface area contributed by atoms with E-state index in [1.165, 1.54) is 0 Å². The van der Waals surface area contributed by atoms with Crippen LogP contribution in [0.2, 0.25) is 0 Å².